The minimum absolute atomic E-state index is 0.181. The number of carbonyl (C=O) groups is 2. The molecule has 1 saturated heterocycles. The van der Waals surface area contributed by atoms with Crippen LogP contribution in [0.15, 0.2) is 12.2 Å². The van der Waals surface area contributed by atoms with Crippen LogP contribution < -0.4 is 0 Å². The molecule has 0 aliphatic carbocycles. The van der Waals surface area contributed by atoms with Gasteiger partial charge in [-0.15, -0.1) is 0 Å². The number of rotatable bonds is 2. The van der Waals surface area contributed by atoms with E-state index < -0.39 is 23.9 Å². The molecule has 0 spiro atoms. The van der Waals surface area contributed by atoms with Gasteiger partial charge in [0.05, 0.1) is 18.1 Å². The largest absolute Gasteiger partial charge is 0.481 e. The highest BCUT2D eigenvalue weighted by Gasteiger charge is 2.53. The van der Waals surface area contributed by atoms with Crippen molar-refractivity contribution >= 4 is 11.9 Å². The molecule has 0 saturated carbocycles. The lowest BCUT2D eigenvalue weighted by molar-refractivity contribution is -0.148. The van der Waals surface area contributed by atoms with Gasteiger partial charge < -0.3 is 14.7 Å². The minimum Gasteiger partial charge on any atom is -0.481 e. The molecule has 1 fully saturated rings. The third-order valence-corrected chi connectivity index (χ3v) is 2.91. The van der Waals surface area contributed by atoms with Crippen LogP contribution in [0.2, 0.25) is 0 Å². The number of hydrogen-bond donors (Lipinski definition) is 1. The number of hydrogen-bond acceptors (Lipinski definition) is 3. The molecular formula is C10H13NO4. The Morgan fingerprint density at radius 3 is 2.20 bits per heavy atom. The van der Waals surface area contributed by atoms with Gasteiger partial charge in [-0.2, -0.15) is 0 Å². The summed E-state index contributed by atoms with van der Waals surface area (Å²) in [6, 6.07) is 0. The summed E-state index contributed by atoms with van der Waals surface area (Å²) in [4.78, 5) is 24.3. The van der Waals surface area contributed by atoms with Crippen molar-refractivity contribution in [2.24, 2.45) is 11.8 Å². The monoisotopic (exact) mass is 211 g/mol. The van der Waals surface area contributed by atoms with Crippen LogP contribution >= 0.6 is 0 Å². The molecule has 0 aromatic carbocycles. The first-order valence-corrected chi connectivity index (χ1v) is 4.80. The average Bonchev–Trinajstić information content (AvgIpc) is 2.74. The van der Waals surface area contributed by atoms with Gasteiger partial charge in [0.1, 0.15) is 5.92 Å². The topological polar surface area (TPSA) is 66.8 Å². The lowest BCUT2D eigenvalue weighted by Gasteiger charge is -2.23. The number of carbonyl (C=O) groups excluding carboxylic acids is 1. The maximum Gasteiger partial charge on any atom is 0.310 e. The summed E-state index contributed by atoms with van der Waals surface area (Å²) in [5.74, 6) is -2.46. The Labute approximate surface area is 87.3 Å². The van der Waals surface area contributed by atoms with Crippen LogP contribution in [0.4, 0.5) is 0 Å². The van der Waals surface area contributed by atoms with Gasteiger partial charge in [0.25, 0.3) is 0 Å². The van der Waals surface area contributed by atoms with Crippen molar-refractivity contribution < 1.29 is 19.4 Å². The second-order valence-corrected chi connectivity index (χ2v) is 4.07. The first-order valence-electron chi connectivity index (χ1n) is 4.80. The molecule has 2 aliphatic rings. The first kappa shape index (κ1) is 10.2. The number of amides is 1. The van der Waals surface area contributed by atoms with E-state index in [4.69, 9.17) is 9.84 Å². The van der Waals surface area contributed by atoms with Gasteiger partial charge in [0.15, 0.2) is 0 Å². The molecule has 2 bridgehead atoms. The van der Waals surface area contributed by atoms with E-state index in [1.54, 1.807) is 26.2 Å². The van der Waals surface area contributed by atoms with Crippen LogP contribution in [0, 0.1) is 11.8 Å². The predicted octanol–water partition coefficient (Wildman–Crippen LogP) is -0.271. The van der Waals surface area contributed by atoms with E-state index in [0.717, 1.165) is 0 Å². The van der Waals surface area contributed by atoms with Crippen molar-refractivity contribution in [1.29, 1.82) is 0 Å². The average molecular weight is 211 g/mol. The summed E-state index contributed by atoms with van der Waals surface area (Å²) in [6.45, 7) is 0. The molecule has 2 aliphatic heterocycles. The van der Waals surface area contributed by atoms with Crippen molar-refractivity contribution in [1.82, 2.24) is 4.90 Å². The highest BCUT2D eigenvalue weighted by Crippen LogP contribution is 2.39. The summed E-state index contributed by atoms with van der Waals surface area (Å²) in [6.07, 6.45) is 2.69. The van der Waals surface area contributed by atoms with Gasteiger partial charge in [-0.05, 0) is 0 Å². The van der Waals surface area contributed by atoms with E-state index in [2.05, 4.69) is 0 Å². The molecule has 2 rings (SSSR count). The Morgan fingerprint density at radius 1 is 1.20 bits per heavy atom. The Balaban J connectivity index is 2.27. The fourth-order valence-corrected chi connectivity index (χ4v) is 2.19. The quantitative estimate of drug-likeness (QED) is 0.638. The highest BCUT2D eigenvalue weighted by atomic mass is 16.5. The lowest BCUT2D eigenvalue weighted by Crippen LogP contribution is -2.41. The van der Waals surface area contributed by atoms with Gasteiger partial charge in [-0.25, -0.2) is 0 Å². The van der Waals surface area contributed by atoms with Crippen LogP contribution in [-0.4, -0.2) is 48.2 Å². The molecule has 0 unspecified atom stereocenters. The van der Waals surface area contributed by atoms with Crippen LogP contribution in [0.1, 0.15) is 0 Å². The van der Waals surface area contributed by atoms with Crippen LogP contribution in [-0.2, 0) is 14.3 Å². The van der Waals surface area contributed by atoms with Crippen LogP contribution in [0.3, 0.4) is 0 Å². The van der Waals surface area contributed by atoms with Crippen LogP contribution in [0.5, 0.6) is 0 Å². The molecule has 4 atom stereocenters. The third-order valence-electron chi connectivity index (χ3n) is 2.91. The first-order chi connectivity index (χ1) is 7.02. The van der Waals surface area contributed by atoms with Gasteiger partial charge in [0.2, 0.25) is 5.91 Å². The second kappa shape index (κ2) is 3.34. The number of nitrogens with zero attached hydrogens (tertiary/aromatic N) is 1. The Hall–Kier alpha value is -1.36. The summed E-state index contributed by atoms with van der Waals surface area (Å²) >= 11 is 0. The number of ether oxygens (including phenoxy) is 1. The van der Waals surface area contributed by atoms with Gasteiger partial charge in [-0.3, -0.25) is 9.59 Å². The molecule has 5 heteroatoms. The van der Waals surface area contributed by atoms with Crippen molar-refractivity contribution in [3.8, 4) is 0 Å². The fourth-order valence-electron chi connectivity index (χ4n) is 2.19. The smallest absolute Gasteiger partial charge is 0.310 e. The maximum atomic E-state index is 11.8. The molecule has 5 nitrogen and oxygen atoms in total. The van der Waals surface area contributed by atoms with Crippen molar-refractivity contribution in [3.63, 3.8) is 0 Å². The molecule has 82 valence electrons. The molecular weight excluding hydrogens is 198 g/mol. The molecule has 0 aromatic rings. The molecule has 15 heavy (non-hydrogen) atoms. The predicted molar refractivity (Wildman–Crippen MR) is 51.1 cm³/mol. The van der Waals surface area contributed by atoms with Crippen LogP contribution in [0.25, 0.3) is 0 Å². The van der Waals surface area contributed by atoms with Gasteiger partial charge in [-0.1, -0.05) is 12.2 Å². The highest BCUT2D eigenvalue weighted by molar-refractivity contribution is 5.87. The normalized spacial score (nSPS) is 36.9. The third kappa shape index (κ3) is 1.43. The number of fused-ring (bicyclic) bond motifs is 2. The van der Waals surface area contributed by atoms with E-state index in [1.807, 2.05) is 0 Å². The van der Waals surface area contributed by atoms with Gasteiger partial charge >= 0.3 is 5.97 Å². The standard InChI is InChI=1S/C10H13NO4/c1-11(2)9(12)7-5-3-4-6(15-5)8(7)10(13)14/h3-8H,1-2H3,(H,13,14)/t5-,6-,7+,8-/m1/s1. The zero-order chi connectivity index (χ0) is 11.2. The minimum atomic E-state index is -0.966. The van der Waals surface area contributed by atoms with E-state index in [0.29, 0.717) is 0 Å². The summed E-state index contributed by atoms with van der Waals surface area (Å²) < 4.78 is 5.39. The van der Waals surface area contributed by atoms with Crippen molar-refractivity contribution in [3.05, 3.63) is 12.2 Å². The Kier molecular flexibility index (Phi) is 2.26. The Morgan fingerprint density at radius 2 is 1.73 bits per heavy atom. The summed E-state index contributed by atoms with van der Waals surface area (Å²) in [7, 11) is 3.24. The van der Waals surface area contributed by atoms with E-state index in [9.17, 15) is 9.59 Å². The molecule has 0 radical (unpaired) electrons. The lowest BCUT2D eigenvalue weighted by atomic mass is 9.82. The van der Waals surface area contributed by atoms with Gasteiger partial charge in [0, 0.05) is 14.1 Å². The summed E-state index contributed by atoms with van der Waals surface area (Å²) in [5, 5.41) is 9.05. The van der Waals surface area contributed by atoms with E-state index in [1.165, 1.54) is 4.90 Å². The Bertz CT molecular complexity index is 336. The SMILES string of the molecule is CN(C)C(=O)[C@@H]1[C@H](C(=O)O)[C@H]2C=C[C@H]1O2. The number of aliphatic carboxylic acids is 1. The van der Waals surface area contributed by atoms with E-state index >= 15 is 0 Å². The molecule has 2 heterocycles. The number of carboxylic acid groups (broad SMARTS) is 1. The molecule has 1 amide bonds. The summed E-state index contributed by atoms with van der Waals surface area (Å²) in [5.41, 5.74) is 0. The fraction of sp³-hybridized carbons (Fsp3) is 0.600. The van der Waals surface area contributed by atoms with E-state index in [-0.39, 0.29) is 12.0 Å². The molecule has 1 N–H and O–H groups in total. The number of carboxylic acids is 1. The van der Waals surface area contributed by atoms with Crippen molar-refractivity contribution in [2.75, 3.05) is 14.1 Å². The maximum absolute atomic E-state index is 11.8. The zero-order valence-electron chi connectivity index (χ0n) is 8.58. The van der Waals surface area contributed by atoms with Crippen molar-refractivity contribution in [2.45, 2.75) is 12.2 Å². The zero-order valence-corrected chi connectivity index (χ0v) is 8.58. The second-order valence-electron chi connectivity index (χ2n) is 4.07. The molecule has 0 aromatic heterocycles.